The number of rotatable bonds is 6. The molecule has 0 unspecified atom stereocenters. The van der Waals surface area contributed by atoms with Crippen LogP contribution < -0.4 is 0 Å². The lowest BCUT2D eigenvalue weighted by atomic mass is 10.0. The predicted molar refractivity (Wildman–Crippen MR) is 127 cm³/mol. The van der Waals surface area contributed by atoms with Gasteiger partial charge in [0.15, 0.2) is 0 Å². The SMILES string of the molecule is CN(C)CCO[C@H]1CN(Cc2ccncc2)[C@@H]2CCCO[C@H]12.O=C(O)C(F)(F)F.O=C(O)C(F)(F)F.O=C(O)C(F)(F)F. The van der Waals surface area contributed by atoms with Crippen molar-refractivity contribution in [1.82, 2.24) is 14.8 Å². The van der Waals surface area contributed by atoms with E-state index in [4.69, 9.17) is 39.2 Å². The summed E-state index contributed by atoms with van der Waals surface area (Å²) in [5.41, 5.74) is 1.31. The van der Waals surface area contributed by atoms with Crippen molar-refractivity contribution in [1.29, 1.82) is 0 Å². The second-order valence-corrected chi connectivity index (χ2v) is 8.95. The van der Waals surface area contributed by atoms with E-state index in [9.17, 15) is 39.5 Å². The summed E-state index contributed by atoms with van der Waals surface area (Å²) < 4.78 is 107. The van der Waals surface area contributed by atoms with Gasteiger partial charge in [0.1, 0.15) is 6.10 Å². The van der Waals surface area contributed by atoms with Gasteiger partial charge in [-0.3, -0.25) is 9.88 Å². The number of pyridine rings is 1. The van der Waals surface area contributed by atoms with E-state index < -0.39 is 36.4 Å². The van der Waals surface area contributed by atoms with Crippen LogP contribution >= 0.6 is 0 Å². The van der Waals surface area contributed by atoms with E-state index >= 15 is 0 Å². The quantitative estimate of drug-likeness (QED) is 0.391. The van der Waals surface area contributed by atoms with Crippen LogP contribution in [0.3, 0.4) is 0 Å². The van der Waals surface area contributed by atoms with Gasteiger partial charge in [0, 0.05) is 44.7 Å². The molecule has 248 valence electrons. The Balaban J connectivity index is 0.000000690. The fraction of sp³-hybridized carbons (Fsp3) is 0.652. The van der Waals surface area contributed by atoms with E-state index in [1.54, 1.807) is 0 Å². The van der Waals surface area contributed by atoms with Crippen molar-refractivity contribution in [2.45, 2.75) is 56.2 Å². The van der Waals surface area contributed by atoms with Gasteiger partial charge in [-0.15, -0.1) is 0 Å². The summed E-state index contributed by atoms with van der Waals surface area (Å²) in [7, 11) is 4.15. The number of carboxylic acids is 3. The molecule has 3 atom stereocenters. The Labute approximate surface area is 238 Å². The summed E-state index contributed by atoms with van der Waals surface area (Å²) in [6, 6.07) is 4.68. The lowest BCUT2D eigenvalue weighted by Gasteiger charge is -2.32. The zero-order valence-corrected chi connectivity index (χ0v) is 22.6. The number of halogens is 9. The van der Waals surface area contributed by atoms with Crippen molar-refractivity contribution in [3.05, 3.63) is 30.1 Å². The van der Waals surface area contributed by atoms with Crippen LogP contribution in [0.15, 0.2) is 24.5 Å². The maximum atomic E-state index is 10.6. The van der Waals surface area contributed by atoms with Crippen molar-refractivity contribution in [2.75, 3.05) is 40.4 Å². The number of hydrogen-bond donors (Lipinski definition) is 3. The molecule has 3 N–H and O–H groups in total. The molecule has 3 heterocycles. The van der Waals surface area contributed by atoms with Gasteiger partial charge in [-0.1, -0.05) is 0 Å². The summed E-state index contributed by atoms with van der Waals surface area (Å²) in [5.74, 6) is -8.27. The third-order valence-electron chi connectivity index (χ3n) is 5.32. The van der Waals surface area contributed by atoms with E-state index in [1.807, 2.05) is 12.4 Å². The summed E-state index contributed by atoms with van der Waals surface area (Å²) in [6.45, 7) is 4.52. The fourth-order valence-electron chi connectivity index (χ4n) is 3.44. The molecule has 1 aromatic heterocycles. The van der Waals surface area contributed by atoms with Gasteiger partial charge < -0.3 is 29.7 Å². The molecule has 0 amide bonds. The van der Waals surface area contributed by atoms with Crippen molar-refractivity contribution in [3.8, 4) is 0 Å². The van der Waals surface area contributed by atoms with Crippen molar-refractivity contribution in [3.63, 3.8) is 0 Å². The fourth-order valence-corrected chi connectivity index (χ4v) is 3.44. The highest BCUT2D eigenvalue weighted by atomic mass is 19.4. The maximum Gasteiger partial charge on any atom is 0.490 e. The molecular weight excluding hydrogens is 617 g/mol. The van der Waals surface area contributed by atoms with E-state index in [1.165, 1.54) is 12.0 Å². The van der Waals surface area contributed by atoms with Crippen LogP contribution in [0.5, 0.6) is 0 Å². The van der Waals surface area contributed by atoms with Gasteiger partial charge in [-0.2, -0.15) is 39.5 Å². The summed E-state index contributed by atoms with van der Waals surface area (Å²) >= 11 is 0. The molecule has 0 saturated carbocycles. The number of likely N-dealkylation sites (N-methyl/N-ethyl adjacent to an activating group) is 1. The second-order valence-electron chi connectivity index (χ2n) is 8.95. The van der Waals surface area contributed by atoms with Gasteiger partial charge in [0.2, 0.25) is 0 Å². The predicted octanol–water partition coefficient (Wildman–Crippen LogP) is 3.29. The van der Waals surface area contributed by atoms with Crippen molar-refractivity contribution < 1.29 is 78.7 Å². The number of aliphatic carboxylic acids is 3. The molecular formula is C23H30F9N3O8. The van der Waals surface area contributed by atoms with Gasteiger partial charge in [-0.25, -0.2) is 14.4 Å². The standard InChI is InChI=1S/C17H27N3O2.3C2HF3O2/c1-19(2)9-11-21-16-13-20(12-14-5-7-18-8-6-14)15-4-3-10-22-17(15)16;3*3-2(4,5)1(6)7/h5-8,15-17H,3-4,9-13H2,1-2H3;3*(H,6,7)/t15-,16+,17+;;;/m1.../s1. The van der Waals surface area contributed by atoms with Gasteiger partial charge >= 0.3 is 36.4 Å². The van der Waals surface area contributed by atoms with Crippen molar-refractivity contribution in [2.24, 2.45) is 0 Å². The summed E-state index contributed by atoms with van der Waals surface area (Å²) in [6.07, 6.45) is -8.72. The third kappa shape index (κ3) is 16.9. The number of carboxylic acid groups (broad SMARTS) is 3. The first-order valence-corrected chi connectivity index (χ1v) is 12.0. The smallest absolute Gasteiger partial charge is 0.475 e. The van der Waals surface area contributed by atoms with E-state index in [0.29, 0.717) is 6.04 Å². The largest absolute Gasteiger partial charge is 0.490 e. The first-order chi connectivity index (χ1) is 19.6. The first kappa shape index (κ1) is 39.8. The first-order valence-electron chi connectivity index (χ1n) is 12.0. The molecule has 0 aliphatic carbocycles. The molecule has 3 rings (SSSR count). The van der Waals surface area contributed by atoms with Gasteiger partial charge in [-0.05, 0) is 44.6 Å². The molecule has 2 saturated heterocycles. The Bertz CT molecular complexity index is 936. The molecule has 11 nitrogen and oxygen atoms in total. The lowest BCUT2D eigenvalue weighted by molar-refractivity contribution is -0.193. The zero-order chi connectivity index (χ0) is 33.6. The van der Waals surface area contributed by atoms with Crippen LogP contribution in [0.25, 0.3) is 0 Å². The molecule has 0 spiro atoms. The minimum atomic E-state index is -5.08. The van der Waals surface area contributed by atoms with Gasteiger partial charge in [0.25, 0.3) is 0 Å². The highest BCUT2D eigenvalue weighted by molar-refractivity contribution is 5.73. The number of likely N-dealkylation sites (tertiary alicyclic amines) is 1. The molecule has 1 aromatic rings. The van der Waals surface area contributed by atoms with Crippen molar-refractivity contribution >= 4 is 17.9 Å². The van der Waals surface area contributed by atoms with E-state index in [2.05, 4.69) is 41.0 Å². The summed E-state index contributed by atoms with van der Waals surface area (Å²) in [5, 5.41) is 21.4. The molecule has 20 heteroatoms. The average molecular weight is 647 g/mol. The molecule has 43 heavy (non-hydrogen) atoms. The topological polar surface area (TPSA) is 150 Å². The number of alkyl halides is 9. The minimum Gasteiger partial charge on any atom is -0.475 e. The van der Waals surface area contributed by atoms with Crippen LogP contribution in [0.2, 0.25) is 0 Å². The normalized spacial score (nSPS) is 20.3. The Hall–Kier alpha value is -3.23. The maximum absolute atomic E-state index is 10.6. The lowest BCUT2D eigenvalue weighted by Crippen LogP contribution is -2.42. The molecule has 2 aliphatic heterocycles. The Kier molecular flexibility index (Phi) is 16.4. The molecule has 0 aromatic carbocycles. The highest BCUT2D eigenvalue weighted by Crippen LogP contribution is 2.31. The highest BCUT2D eigenvalue weighted by Gasteiger charge is 2.44. The summed E-state index contributed by atoms with van der Waals surface area (Å²) in [4.78, 5) is 35.5. The number of ether oxygens (including phenoxy) is 2. The molecule has 2 fully saturated rings. The second kappa shape index (κ2) is 17.8. The Morgan fingerprint density at radius 1 is 0.930 bits per heavy atom. The van der Waals surface area contributed by atoms with Gasteiger partial charge in [0.05, 0.1) is 12.7 Å². The van der Waals surface area contributed by atoms with Crippen LogP contribution in [-0.4, -0.2) is 125 Å². The average Bonchev–Trinajstić information content (AvgIpc) is 3.21. The molecule has 0 radical (unpaired) electrons. The van der Waals surface area contributed by atoms with Crippen LogP contribution in [0, 0.1) is 0 Å². The Morgan fingerprint density at radius 2 is 1.37 bits per heavy atom. The van der Waals surface area contributed by atoms with E-state index in [-0.39, 0.29) is 12.2 Å². The molecule has 2 aliphatic rings. The monoisotopic (exact) mass is 647 g/mol. The third-order valence-corrected chi connectivity index (χ3v) is 5.32. The number of fused-ring (bicyclic) bond motifs is 1. The zero-order valence-electron chi connectivity index (χ0n) is 22.6. The number of hydrogen-bond acceptors (Lipinski definition) is 8. The minimum absolute atomic E-state index is 0.201. The Morgan fingerprint density at radius 3 is 1.77 bits per heavy atom. The number of carbonyl (C=O) groups is 3. The number of nitrogens with zero attached hydrogens (tertiary/aromatic N) is 3. The van der Waals surface area contributed by atoms with E-state index in [0.717, 1.165) is 39.3 Å². The number of aromatic nitrogens is 1. The molecule has 0 bridgehead atoms. The van der Waals surface area contributed by atoms with Crippen LogP contribution in [0.4, 0.5) is 39.5 Å². The van der Waals surface area contributed by atoms with Crippen LogP contribution in [0.1, 0.15) is 18.4 Å². The van der Waals surface area contributed by atoms with Crippen LogP contribution in [-0.2, 0) is 30.4 Å².